The first-order valence-electron chi connectivity index (χ1n) is 7.15. The Balaban J connectivity index is 1.98. The first-order valence-corrected chi connectivity index (χ1v) is 7.15. The molecule has 1 aromatic carbocycles. The smallest absolute Gasteiger partial charge is 0.00784 e. The molecule has 92 valence electrons. The van der Waals surface area contributed by atoms with Crippen LogP contribution in [0.15, 0.2) is 24.3 Å². The van der Waals surface area contributed by atoms with Gasteiger partial charge in [-0.1, -0.05) is 43.5 Å². The maximum absolute atomic E-state index is 6.07. The number of hydrogen-bond acceptors (Lipinski definition) is 1. The number of hydrogen-bond donors (Lipinski definition) is 1. The van der Waals surface area contributed by atoms with Gasteiger partial charge in [0.05, 0.1) is 0 Å². The monoisotopic (exact) mass is 229 g/mol. The van der Waals surface area contributed by atoms with Crippen LogP contribution in [0.4, 0.5) is 0 Å². The first-order chi connectivity index (χ1) is 8.36. The van der Waals surface area contributed by atoms with Crippen molar-refractivity contribution in [2.24, 2.45) is 5.73 Å². The number of benzene rings is 1. The molecule has 2 saturated carbocycles. The van der Waals surface area contributed by atoms with Gasteiger partial charge in [0.2, 0.25) is 0 Å². The van der Waals surface area contributed by atoms with Gasteiger partial charge >= 0.3 is 0 Å². The van der Waals surface area contributed by atoms with Crippen molar-refractivity contribution in [2.45, 2.75) is 56.3 Å². The molecule has 0 unspecified atom stereocenters. The van der Waals surface area contributed by atoms with Crippen LogP contribution in [0.5, 0.6) is 0 Å². The summed E-state index contributed by atoms with van der Waals surface area (Å²) in [5, 5.41) is 0. The van der Waals surface area contributed by atoms with Gasteiger partial charge in [-0.25, -0.2) is 0 Å². The summed E-state index contributed by atoms with van der Waals surface area (Å²) in [5.41, 5.74) is 9.61. The zero-order valence-corrected chi connectivity index (χ0v) is 10.6. The molecule has 0 saturated heterocycles. The fourth-order valence-corrected chi connectivity index (χ4v) is 3.76. The molecule has 1 nitrogen and oxygen atoms in total. The summed E-state index contributed by atoms with van der Waals surface area (Å²) in [6.45, 7) is 0.830. The van der Waals surface area contributed by atoms with Gasteiger partial charge in [0.1, 0.15) is 0 Å². The molecule has 0 amide bonds. The van der Waals surface area contributed by atoms with Crippen LogP contribution in [-0.2, 0) is 5.41 Å². The summed E-state index contributed by atoms with van der Waals surface area (Å²) in [6, 6.07) is 9.12. The van der Waals surface area contributed by atoms with Gasteiger partial charge in [-0.15, -0.1) is 0 Å². The fraction of sp³-hybridized carbons (Fsp3) is 0.625. The Hall–Kier alpha value is -0.820. The lowest BCUT2D eigenvalue weighted by Gasteiger charge is -2.43. The van der Waals surface area contributed by atoms with Crippen molar-refractivity contribution in [3.05, 3.63) is 35.4 Å². The van der Waals surface area contributed by atoms with E-state index in [4.69, 9.17) is 5.73 Å². The highest BCUT2D eigenvalue weighted by atomic mass is 14.6. The molecule has 1 heteroatoms. The average molecular weight is 229 g/mol. The van der Waals surface area contributed by atoms with E-state index in [-0.39, 0.29) is 0 Å². The van der Waals surface area contributed by atoms with Gasteiger partial charge in [-0.05, 0) is 42.7 Å². The van der Waals surface area contributed by atoms with Gasteiger partial charge in [0.15, 0.2) is 0 Å². The minimum atomic E-state index is 0.333. The molecule has 3 rings (SSSR count). The zero-order valence-electron chi connectivity index (χ0n) is 10.6. The highest BCUT2D eigenvalue weighted by Crippen LogP contribution is 2.47. The summed E-state index contributed by atoms with van der Waals surface area (Å²) in [4.78, 5) is 0. The second-order valence-corrected chi connectivity index (χ2v) is 5.91. The van der Waals surface area contributed by atoms with Crippen LogP contribution in [-0.4, -0.2) is 6.54 Å². The van der Waals surface area contributed by atoms with Crippen molar-refractivity contribution >= 4 is 0 Å². The second kappa shape index (κ2) is 4.45. The van der Waals surface area contributed by atoms with Gasteiger partial charge in [-0.3, -0.25) is 0 Å². The van der Waals surface area contributed by atoms with E-state index in [1.165, 1.54) is 44.9 Å². The Morgan fingerprint density at radius 1 is 1.06 bits per heavy atom. The van der Waals surface area contributed by atoms with Crippen LogP contribution in [0, 0.1) is 0 Å². The third-order valence-corrected chi connectivity index (χ3v) is 5.03. The topological polar surface area (TPSA) is 26.0 Å². The normalized spacial score (nSPS) is 23.6. The molecular weight excluding hydrogens is 206 g/mol. The predicted octanol–water partition coefficient (Wildman–Crippen LogP) is 3.72. The molecule has 1 aromatic rings. The van der Waals surface area contributed by atoms with Crippen molar-refractivity contribution in [1.82, 2.24) is 0 Å². The van der Waals surface area contributed by atoms with E-state index in [9.17, 15) is 0 Å². The van der Waals surface area contributed by atoms with Gasteiger partial charge in [0.25, 0.3) is 0 Å². The van der Waals surface area contributed by atoms with E-state index < -0.39 is 0 Å². The third kappa shape index (κ3) is 1.81. The van der Waals surface area contributed by atoms with Crippen LogP contribution in [0.3, 0.4) is 0 Å². The highest BCUT2D eigenvalue weighted by Gasteiger charge is 2.39. The quantitative estimate of drug-likeness (QED) is 0.839. The van der Waals surface area contributed by atoms with Gasteiger partial charge in [0, 0.05) is 12.0 Å². The largest absolute Gasteiger partial charge is 0.330 e. The maximum atomic E-state index is 6.07. The maximum Gasteiger partial charge on any atom is 0.00784 e. The number of rotatable bonds is 3. The minimum Gasteiger partial charge on any atom is -0.330 e. The molecule has 0 radical (unpaired) electrons. The average Bonchev–Trinajstić information content (AvgIpc) is 2.82. The summed E-state index contributed by atoms with van der Waals surface area (Å²) < 4.78 is 0. The Bertz CT molecular complexity index is 381. The van der Waals surface area contributed by atoms with Crippen LogP contribution >= 0.6 is 0 Å². The van der Waals surface area contributed by atoms with E-state index >= 15 is 0 Å². The minimum absolute atomic E-state index is 0.333. The van der Waals surface area contributed by atoms with Crippen LogP contribution in [0.1, 0.15) is 62.0 Å². The lowest BCUT2D eigenvalue weighted by atomic mass is 9.62. The molecule has 2 aliphatic carbocycles. The van der Waals surface area contributed by atoms with Crippen molar-refractivity contribution in [3.8, 4) is 0 Å². The number of nitrogens with two attached hydrogens (primary N) is 1. The molecule has 2 aliphatic rings. The van der Waals surface area contributed by atoms with E-state index in [0.717, 1.165) is 12.5 Å². The molecule has 0 atom stereocenters. The highest BCUT2D eigenvalue weighted by molar-refractivity contribution is 5.39. The third-order valence-electron chi connectivity index (χ3n) is 5.03. The Kier molecular flexibility index (Phi) is 2.96. The second-order valence-electron chi connectivity index (χ2n) is 5.91. The Morgan fingerprint density at radius 2 is 1.76 bits per heavy atom. The van der Waals surface area contributed by atoms with Crippen LogP contribution in [0.25, 0.3) is 0 Å². The van der Waals surface area contributed by atoms with Gasteiger partial charge < -0.3 is 5.73 Å². The van der Waals surface area contributed by atoms with E-state index in [2.05, 4.69) is 24.3 Å². The first kappa shape index (κ1) is 11.3. The molecular formula is C16H23N. The summed E-state index contributed by atoms with van der Waals surface area (Å²) in [5.74, 6) is 0.815. The van der Waals surface area contributed by atoms with E-state index in [1.807, 2.05) is 0 Å². The Labute approximate surface area is 104 Å². The van der Waals surface area contributed by atoms with Gasteiger partial charge in [-0.2, -0.15) is 0 Å². The Morgan fingerprint density at radius 3 is 2.35 bits per heavy atom. The molecule has 0 aliphatic heterocycles. The fourth-order valence-electron chi connectivity index (χ4n) is 3.76. The van der Waals surface area contributed by atoms with E-state index in [0.29, 0.717) is 5.41 Å². The van der Waals surface area contributed by atoms with Crippen molar-refractivity contribution in [2.75, 3.05) is 6.54 Å². The molecule has 0 heterocycles. The standard InChI is InChI=1S/C16H23N/c17-12-16(10-5-11-16)15-9-4-3-8-14(15)13-6-1-2-7-13/h3-4,8-9,13H,1-2,5-7,10-12,17H2. The SMILES string of the molecule is NCC1(c2ccccc2C2CCCC2)CCC1. The predicted molar refractivity (Wildman–Crippen MR) is 72.2 cm³/mol. The van der Waals surface area contributed by atoms with Crippen molar-refractivity contribution in [1.29, 1.82) is 0 Å². The lowest BCUT2D eigenvalue weighted by molar-refractivity contribution is 0.250. The summed E-state index contributed by atoms with van der Waals surface area (Å²) in [6.07, 6.45) is 9.55. The van der Waals surface area contributed by atoms with Crippen molar-refractivity contribution in [3.63, 3.8) is 0 Å². The molecule has 0 bridgehead atoms. The molecule has 17 heavy (non-hydrogen) atoms. The van der Waals surface area contributed by atoms with Crippen LogP contribution in [0.2, 0.25) is 0 Å². The molecule has 0 spiro atoms. The van der Waals surface area contributed by atoms with Crippen LogP contribution < -0.4 is 5.73 Å². The molecule has 2 fully saturated rings. The van der Waals surface area contributed by atoms with E-state index in [1.54, 1.807) is 11.1 Å². The lowest BCUT2D eigenvalue weighted by Crippen LogP contribution is -2.42. The zero-order chi connectivity index (χ0) is 11.7. The summed E-state index contributed by atoms with van der Waals surface area (Å²) >= 11 is 0. The molecule has 2 N–H and O–H groups in total. The van der Waals surface area contributed by atoms with Crippen molar-refractivity contribution < 1.29 is 0 Å². The summed E-state index contributed by atoms with van der Waals surface area (Å²) in [7, 11) is 0. The molecule has 0 aromatic heterocycles.